The molecule has 5 nitrogen and oxygen atoms in total. The summed E-state index contributed by atoms with van der Waals surface area (Å²) in [4.78, 5) is 22.1. The van der Waals surface area contributed by atoms with E-state index in [4.69, 9.17) is 4.74 Å². The number of aromatic nitrogens is 1. The quantitative estimate of drug-likeness (QED) is 0.585. The zero-order chi connectivity index (χ0) is 20.5. The van der Waals surface area contributed by atoms with E-state index in [9.17, 15) is 4.79 Å². The number of rotatable bonds is 4. The first-order valence-corrected chi connectivity index (χ1v) is 12.2. The zero-order valence-electron chi connectivity index (χ0n) is 17.0. The van der Waals surface area contributed by atoms with Crippen molar-refractivity contribution in [3.05, 3.63) is 68.3 Å². The molecule has 1 saturated heterocycles. The Kier molecular flexibility index (Phi) is 5.58. The maximum Gasteiger partial charge on any atom is 0.237 e. The van der Waals surface area contributed by atoms with E-state index < -0.39 is 0 Å². The summed E-state index contributed by atoms with van der Waals surface area (Å²) in [6.07, 6.45) is 3.81. The molecule has 0 N–H and O–H groups in total. The van der Waals surface area contributed by atoms with Gasteiger partial charge in [-0.25, -0.2) is 4.98 Å². The van der Waals surface area contributed by atoms with Gasteiger partial charge in [0.15, 0.2) is 0 Å². The maximum absolute atomic E-state index is 13.3. The average molecular weight is 440 g/mol. The SMILES string of the molecule is Cc1ccc2c(c1)CN(CC(=O)N1CCCC1c1nccs1)CC(c1ccsc1)O2. The van der Waals surface area contributed by atoms with Crippen molar-refractivity contribution in [3.8, 4) is 5.75 Å². The van der Waals surface area contributed by atoms with Crippen LogP contribution in [0.3, 0.4) is 0 Å². The van der Waals surface area contributed by atoms with Crippen molar-refractivity contribution < 1.29 is 9.53 Å². The first-order valence-electron chi connectivity index (χ1n) is 10.4. The molecule has 2 aromatic heterocycles. The molecule has 0 spiro atoms. The number of ether oxygens (including phenoxy) is 1. The second-order valence-electron chi connectivity index (χ2n) is 8.06. The van der Waals surface area contributed by atoms with Crippen molar-refractivity contribution in [2.45, 2.75) is 38.5 Å². The molecule has 0 radical (unpaired) electrons. The number of likely N-dealkylation sites (tertiary alicyclic amines) is 1. The molecule has 0 bridgehead atoms. The minimum atomic E-state index is -0.0682. The number of benzene rings is 1. The number of hydrogen-bond acceptors (Lipinski definition) is 6. The molecule has 1 aromatic carbocycles. The predicted octanol–water partition coefficient (Wildman–Crippen LogP) is 4.81. The van der Waals surface area contributed by atoms with Gasteiger partial charge < -0.3 is 9.64 Å². The van der Waals surface area contributed by atoms with Gasteiger partial charge in [0.05, 0.1) is 12.6 Å². The first kappa shape index (κ1) is 19.7. The lowest BCUT2D eigenvalue weighted by atomic mass is 10.1. The third-order valence-corrected chi connectivity index (χ3v) is 7.46. The molecule has 7 heteroatoms. The highest BCUT2D eigenvalue weighted by atomic mass is 32.1. The second kappa shape index (κ2) is 8.49. The topological polar surface area (TPSA) is 45.7 Å². The van der Waals surface area contributed by atoms with Crippen LogP contribution in [-0.2, 0) is 11.3 Å². The summed E-state index contributed by atoms with van der Waals surface area (Å²) in [5.74, 6) is 1.11. The molecular formula is C23H25N3O2S2. The molecule has 2 aliphatic rings. The van der Waals surface area contributed by atoms with Crippen molar-refractivity contribution in [1.29, 1.82) is 0 Å². The zero-order valence-corrected chi connectivity index (χ0v) is 18.6. The van der Waals surface area contributed by atoms with Crippen LogP contribution >= 0.6 is 22.7 Å². The van der Waals surface area contributed by atoms with E-state index in [-0.39, 0.29) is 18.1 Å². The molecule has 2 atom stereocenters. The number of nitrogens with zero attached hydrogens (tertiary/aromatic N) is 3. The Morgan fingerprint density at radius 2 is 2.23 bits per heavy atom. The van der Waals surface area contributed by atoms with Crippen LogP contribution in [-0.4, -0.2) is 40.3 Å². The van der Waals surface area contributed by atoms with Crippen LogP contribution in [0.4, 0.5) is 0 Å². The third kappa shape index (κ3) is 4.02. The molecule has 5 rings (SSSR count). The summed E-state index contributed by atoms with van der Waals surface area (Å²) in [7, 11) is 0. The molecule has 4 heterocycles. The Bertz CT molecular complexity index is 1000. The smallest absolute Gasteiger partial charge is 0.237 e. The average Bonchev–Trinajstić information content (AvgIpc) is 3.49. The number of amides is 1. The lowest BCUT2D eigenvalue weighted by molar-refractivity contribution is -0.133. The van der Waals surface area contributed by atoms with Gasteiger partial charge in [0.2, 0.25) is 5.91 Å². The van der Waals surface area contributed by atoms with Crippen molar-refractivity contribution in [3.63, 3.8) is 0 Å². The number of fused-ring (bicyclic) bond motifs is 1. The maximum atomic E-state index is 13.3. The van der Waals surface area contributed by atoms with Crippen LogP contribution in [0.5, 0.6) is 5.75 Å². The largest absolute Gasteiger partial charge is 0.484 e. The van der Waals surface area contributed by atoms with E-state index in [0.29, 0.717) is 13.1 Å². The van der Waals surface area contributed by atoms with E-state index in [1.165, 1.54) is 11.1 Å². The number of hydrogen-bond donors (Lipinski definition) is 0. The minimum Gasteiger partial charge on any atom is -0.484 e. The number of thiazole rings is 1. The van der Waals surface area contributed by atoms with Gasteiger partial charge in [-0.15, -0.1) is 11.3 Å². The number of thiophene rings is 1. The van der Waals surface area contributed by atoms with Gasteiger partial charge in [0, 0.05) is 42.3 Å². The third-order valence-electron chi connectivity index (χ3n) is 5.89. The fourth-order valence-electron chi connectivity index (χ4n) is 4.43. The molecule has 1 fully saturated rings. The van der Waals surface area contributed by atoms with Crippen molar-refractivity contribution in [2.24, 2.45) is 0 Å². The molecular weight excluding hydrogens is 414 g/mol. The summed E-state index contributed by atoms with van der Waals surface area (Å²) in [5.41, 5.74) is 3.53. The molecule has 30 heavy (non-hydrogen) atoms. The Morgan fingerprint density at radius 1 is 1.30 bits per heavy atom. The fraction of sp³-hybridized carbons (Fsp3) is 0.391. The van der Waals surface area contributed by atoms with Gasteiger partial charge in [-0.3, -0.25) is 9.69 Å². The van der Waals surface area contributed by atoms with Gasteiger partial charge >= 0.3 is 0 Å². The highest BCUT2D eigenvalue weighted by Crippen LogP contribution is 2.35. The first-order chi connectivity index (χ1) is 14.7. The Hall–Kier alpha value is -2.22. The predicted molar refractivity (Wildman–Crippen MR) is 120 cm³/mol. The van der Waals surface area contributed by atoms with Crippen LogP contribution in [0, 0.1) is 6.92 Å². The van der Waals surface area contributed by atoms with Gasteiger partial charge in [-0.1, -0.05) is 17.7 Å². The second-order valence-corrected chi connectivity index (χ2v) is 9.77. The highest BCUT2D eigenvalue weighted by Gasteiger charge is 2.33. The van der Waals surface area contributed by atoms with Gasteiger partial charge in [0.1, 0.15) is 16.9 Å². The van der Waals surface area contributed by atoms with Crippen LogP contribution in [0.15, 0.2) is 46.6 Å². The summed E-state index contributed by atoms with van der Waals surface area (Å²) < 4.78 is 6.41. The fourth-order valence-corrected chi connectivity index (χ4v) is 5.92. The minimum absolute atomic E-state index is 0.0682. The summed E-state index contributed by atoms with van der Waals surface area (Å²) in [6, 6.07) is 8.58. The lowest BCUT2D eigenvalue weighted by Crippen LogP contribution is -2.41. The van der Waals surface area contributed by atoms with Crippen LogP contribution < -0.4 is 4.74 Å². The standard InChI is InChI=1S/C23H25N3O2S2/c1-16-4-5-20-18(11-16)12-25(13-21(28-20)17-6-9-29-15-17)14-22(27)26-8-2-3-19(26)23-24-7-10-30-23/h4-7,9-11,15,19,21H,2-3,8,12-14H2,1H3. The monoisotopic (exact) mass is 439 g/mol. The van der Waals surface area contributed by atoms with Gasteiger partial charge in [-0.2, -0.15) is 11.3 Å². The number of aryl methyl sites for hydroxylation is 1. The van der Waals surface area contributed by atoms with E-state index in [1.807, 2.05) is 16.5 Å². The molecule has 0 aliphatic carbocycles. The molecule has 0 saturated carbocycles. The van der Waals surface area contributed by atoms with E-state index in [1.54, 1.807) is 22.7 Å². The number of carbonyl (C=O) groups is 1. The molecule has 1 amide bonds. The summed E-state index contributed by atoms with van der Waals surface area (Å²) >= 11 is 3.32. The van der Waals surface area contributed by atoms with Crippen molar-refractivity contribution in [2.75, 3.05) is 19.6 Å². The molecule has 156 valence electrons. The van der Waals surface area contributed by atoms with Gasteiger partial charge in [-0.05, 0) is 42.7 Å². The molecule has 2 aliphatic heterocycles. The van der Waals surface area contributed by atoms with Crippen LogP contribution in [0.2, 0.25) is 0 Å². The Balaban J connectivity index is 1.38. The Morgan fingerprint density at radius 3 is 3.03 bits per heavy atom. The summed E-state index contributed by atoms with van der Waals surface area (Å²) in [5, 5.41) is 7.27. The van der Waals surface area contributed by atoms with E-state index in [2.05, 4.69) is 51.8 Å². The molecule has 2 unspecified atom stereocenters. The number of carbonyl (C=O) groups excluding carboxylic acids is 1. The van der Waals surface area contributed by atoms with Crippen LogP contribution in [0.25, 0.3) is 0 Å². The van der Waals surface area contributed by atoms with Gasteiger partial charge in [0.25, 0.3) is 0 Å². The van der Waals surface area contributed by atoms with E-state index >= 15 is 0 Å². The molecule has 3 aromatic rings. The lowest BCUT2D eigenvalue weighted by Gasteiger charge is -2.28. The van der Waals surface area contributed by atoms with Crippen molar-refractivity contribution >= 4 is 28.6 Å². The van der Waals surface area contributed by atoms with Crippen LogP contribution in [0.1, 0.15) is 46.7 Å². The normalized spacial score (nSPS) is 21.8. The van der Waals surface area contributed by atoms with E-state index in [0.717, 1.165) is 42.3 Å². The van der Waals surface area contributed by atoms with Crippen molar-refractivity contribution in [1.82, 2.24) is 14.8 Å². The summed E-state index contributed by atoms with van der Waals surface area (Å²) in [6.45, 7) is 4.74. The highest BCUT2D eigenvalue weighted by molar-refractivity contribution is 7.09. The Labute approximate surface area is 184 Å².